The number of amides is 3. The Bertz CT molecular complexity index is 1030. The number of pyridine rings is 1. The Morgan fingerprint density at radius 2 is 1.97 bits per heavy atom. The summed E-state index contributed by atoms with van der Waals surface area (Å²) >= 11 is 0. The molecule has 9 heteroatoms. The van der Waals surface area contributed by atoms with E-state index < -0.39 is 12.2 Å². The molecule has 5 rings (SSSR count). The number of ether oxygens (including phenoxy) is 2. The second-order valence-corrected chi connectivity index (χ2v) is 8.16. The molecule has 2 atom stereocenters. The molecule has 0 aliphatic carbocycles. The second kappa shape index (κ2) is 7.42. The average molecular weight is 424 g/mol. The summed E-state index contributed by atoms with van der Waals surface area (Å²) in [6, 6.07) is 9.14. The van der Waals surface area contributed by atoms with E-state index in [2.05, 4.69) is 4.98 Å². The van der Waals surface area contributed by atoms with E-state index in [4.69, 9.17) is 9.47 Å². The molecule has 0 radical (unpaired) electrons. The predicted octanol–water partition coefficient (Wildman–Crippen LogP) is 2.48. The summed E-state index contributed by atoms with van der Waals surface area (Å²) in [5, 5.41) is 9.43. The third kappa shape index (κ3) is 3.16. The number of carbonyl (C=O) groups excluding carboxylic acids is 2. The maximum Gasteiger partial charge on any atom is 0.415 e. The maximum atomic E-state index is 12.6. The molecule has 1 aromatic heterocycles. The van der Waals surface area contributed by atoms with Crippen LogP contribution in [0.15, 0.2) is 36.5 Å². The molecule has 1 N–H and O–H groups in total. The average Bonchev–Trinajstić information content (AvgIpc) is 3.33. The number of benzene rings is 1. The van der Waals surface area contributed by atoms with Gasteiger partial charge in [-0.3, -0.25) is 9.80 Å². The highest BCUT2D eigenvalue weighted by Gasteiger charge is 2.46. The van der Waals surface area contributed by atoms with Crippen molar-refractivity contribution >= 4 is 23.6 Å². The van der Waals surface area contributed by atoms with Gasteiger partial charge in [-0.25, -0.2) is 14.6 Å². The number of hydrogen-bond acceptors (Lipinski definition) is 6. The lowest BCUT2D eigenvalue weighted by atomic mass is 10.0. The van der Waals surface area contributed by atoms with E-state index >= 15 is 0 Å². The molecule has 162 valence electrons. The lowest BCUT2D eigenvalue weighted by molar-refractivity contribution is 0.0734. The molecule has 2 aromatic rings. The Kier molecular flexibility index (Phi) is 4.70. The van der Waals surface area contributed by atoms with Crippen LogP contribution in [0.4, 0.5) is 21.1 Å². The van der Waals surface area contributed by atoms with Gasteiger partial charge in [-0.05, 0) is 43.7 Å². The van der Waals surface area contributed by atoms with Crippen LogP contribution in [0.5, 0.6) is 5.75 Å². The van der Waals surface area contributed by atoms with Crippen molar-refractivity contribution in [2.45, 2.75) is 32.0 Å². The van der Waals surface area contributed by atoms with Gasteiger partial charge in [0.2, 0.25) is 0 Å². The van der Waals surface area contributed by atoms with Crippen LogP contribution in [-0.2, 0) is 4.74 Å². The monoisotopic (exact) mass is 424 g/mol. The van der Waals surface area contributed by atoms with Crippen LogP contribution in [0.1, 0.15) is 13.8 Å². The smallest absolute Gasteiger partial charge is 0.415 e. The molecule has 0 unspecified atom stereocenters. The number of anilines is 2. The molecule has 31 heavy (non-hydrogen) atoms. The van der Waals surface area contributed by atoms with Crippen LogP contribution in [0, 0.1) is 0 Å². The molecule has 4 heterocycles. The third-order valence-electron chi connectivity index (χ3n) is 6.04. The predicted molar refractivity (Wildman–Crippen MR) is 113 cm³/mol. The van der Waals surface area contributed by atoms with E-state index in [1.54, 1.807) is 16.0 Å². The van der Waals surface area contributed by atoms with Crippen LogP contribution in [0.3, 0.4) is 0 Å². The number of hydrogen-bond donors (Lipinski definition) is 1. The minimum atomic E-state index is -0.586. The van der Waals surface area contributed by atoms with Crippen molar-refractivity contribution in [2.24, 2.45) is 0 Å². The molecule has 3 aliphatic heterocycles. The summed E-state index contributed by atoms with van der Waals surface area (Å²) < 4.78 is 11.1. The lowest BCUT2D eigenvalue weighted by Crippen LogP contribution is -2.45. The van der Waals surface area contributed by atoms with Crippen LogP contribution < -0.4 is 14.5 Å². The summed E-state index contributed by atoms with van der Waals surface area (Å²) in [6.07, 6.45) is 0.676. The maximum absolute atomic E-state index is 12.6. The molecule has 0 saturated carbocycles. The van der Waals surface area contributed by atoms with Crippen molar-refractivity contribution in [3.63, 3.8) is 0 Å². The normalized spacial score (nSPS) is 22.5. The fourth-order valence-electron chi connectivity index (χ4n) is 4.33. The van der Waals surface area contributed by atoms with Crippen LogP contribution in [0.25, 0.3) is 11.1 Å². The van der Waals surface area contributed by atoms with Gasteiger partial charge in [-0.1, -0.05) is 6.07 Å². The fourth-order valence-corrected chi connectivity index (χ4v) is 4.33. The van der Waals surface area contributed by atoms with E-state index in [9.17, 15) is 14.7 Å². The second-order valence-electron chi connectivity index (χ2n) is 8.16. The van der Waals surface area contributed by atoms with Gasteiger partial charge in [-0.15, -0.1) is 0 Å². The Morgan fingerprint density at radius 3 is 2.65 bits per heavy atom. The number of fused-ring (bicyclic) bond motifs is 3. The molecule has 0 bridgehead atoms. The van der Waals surface area contributed by atoms with Crippen LogP contribution in [-0.4, -0.2) is 71.6 Å². The Hall–Kier alpha value is -3.33. The van der Waals surface area contributed by atoms with Crippen molar-refractivity contribution < 1.29 is 24.2 Å². The number of aliphatic hydroxyl groups is 1. The van der Waals surface area contributed by atoms with Crippen LogP contribution >= 0.6 is 0 Å². The Balaban J connectivity index is 1.38. The van der Waals surface area contributed by atoms with Crippen molar-refractivity contribution in [2.75, 3.05) is 36.1 Å². The highest BCUT2D eigenvalue weighted by Crippen LogP contribution is 2.41. The zero-order valence-corrected chi connectivity index (χ0v) is 17.4. The fraction of sp³-hybridized carbons (Fsp3) is 0.409. The summed E-state index contributed by atoms with van der Waals surface area (Å²) in [7, 11) is 0. The standard InChI is InChI=1S/C22H24N4O5/c1-13(2)24-7-8-25(21(24)28)20-6-4-15(10-23-20)14-3-5-16-18(9-14)30-12-17-19(11-27)31-22(29)26(16)17/h3-6,9-10,13,17,19,27H,7-8,11-12H2,1-2H3/t17-,19-/m0/s1. The Labute approximate surface area is 179 Å². The van der Waals surface area contributed by atoms with E-state index in [1.807, 2.05) is 49.1 Å². The minimum Gasteiger partial charge on any atom is -0.489 e. The largest absolute Gasteiger partial charge is 0.489 e. The molecule has 0 spiro atoms. The number of aromatic nitrogens is 1. The number of urea groups is 1. The number of carbonyl (C=O) groups is 2. The van der Waals surface area contributed by atoms with E-state index in [0.717, 1.165) is 11.1 Å². The van der Waals surface area contributed by atoms with Gasteiger partial charge in [0, 0.05) is 30.9 Å². The molecule has 9 nitrogen and oxygen atoms in total. The van der Waals surface area contributed by atoms with Crippen LogP contribution in [0.2, 0.25) is 0 Å². The molecular weight excluding hydrogens is 400 g/mol. The van der Waals surface area contributed by atoms with Gasteiger partial charge in [0.1, 0.15) is 24.2 Å². The van der Waals surface area contributed by atoms with Gasteiger partial charge in [0.25, 0.3) is 0 Å². The topological polar surface area (TPSA) is 95.4 Å². The molecule has 3 aliphatic rings. The number of rotatable bonds is 4. The third-order valence-corrected chi connectivity index (χ3v) is 6.04. The summed E-state index contributed by atoms with van der Waals surface area (Å²) in [4.78, 5) is 34.4. The van der Waals surface area contributed by atoms with E-state index in [0.29, 0.717) is 30.3 Å². The Morgan fingerprint density at radius 1 is 1.16 bits per heavy atom. The summed E-state index contributed by atoms with van der Waals surface area (Å²) in [6.45, 7) is 5.34. The molecule has 2 saturated heterocycles. The van der Waals surface area contributed by atoms with Crippen molar-refractivity contribution in [3.05, 3.63) is 36.5 Å². The zero-order valence-electron chi connectivity index (χ0n) is 17.4. The van der Waals surface area contributed by atoms with E-state index in [1.165, 1.54) is 0 Å². The van der Waals surface area contributed by atoms with E-state index in [-0.39, 0.29) is 31.3 Å². The SMILES string of the molecule is CC(C)N1CCN(c2ccc(-c3ccc4c(c3)OC[C@H]3[C@H](CO)OC(=O)N43)cn2)C1=O. The van der Waals surface area contributed by atoms with Crippen molar-refractivity contribution in [1.29, 1.82) is 0 Å². The number of aliphatic hydroxyl groups excluding tert-OH is 1. The molecule has 1 aromatic carbocycles. The lowest BCUT2D eigenvalue weighted by Gasteiger charge is -2.31. The van der Waals surface area contributed by atoms with Crippen molar-refractivity contribution in [1.82, 2.24) is 9.88 Å². The highest BCUT2D eigenvalue weighted by molar-refractivity contribution is 5.94. The molecular formula is C22H24N4O5. The zero-order chi connectivity index (χ0) is 21.7. The van der Waals surface area contributed by atoms with Gasteiger partial charge < -0.3 is 19.5 Å². The number of cyclic esters (lactones) is 1. The van der Waals surface area contributed by atoms with Gasteiger partial charge in [0.05, 0.1) is 12.3 Å². The van der Waals surface area contributed by atoms with Gasteiger partial charge in [0.15, 0.2) is 6.10 Å². The van der Waals surface area contributed by atoms with Gasteiger partial charge >= 0.3 is 12.1 Å². The molecule has 3 amide bonds. The highest BCUT2D eigenvalue weighted by atomic mass is 16.6. The quantitative estimate of drug-likeness (QED) is 0.810. The van der Waals surface area contributed by atoms with Crippen molar-refractivity contribution in [3.8, 4) is 16.9 Å². The first-order valence-electron chi connectivity index (χ1n) is 10.4. The summed E-state index contributed by atoms with van der Waals surface area (Å²) in [5.74, 6) is 1.21. The molecule has 2 fully saturated rings. The minimum absolute atomic E-state index is 0.0225. The summed E-state index contributed by atoms with van der Waals surface area (Å²) in [5.41, 5.74) is 2.39. The first kappa shape index (κ1) is 19.6. The van der Waals surface area contributed by atoms with Gasteiger partial charge in [-0.2, -0.15) is 0 Å². The first-order chi connectivity index (χ1) is 15.0. The number of nitrogens with zero attached hydrogens (tertiary/aromatic N) is 4. The first-order valence-corrected chi connectivity index (χ1v) is 10.4.